The second-order valence-electron chi connectivity index (χ2n) is 5.56. The largest absolute Gasteiger partial charge is 0.302 e. The Morgan fingerprint density at radius 1 is 1.11 bits per heavy atom. The average molecular weight is 267 g/mol. The van der Waals surface area contributed by atoms with Gasteiger partial charge in [0.2, 0.25) is 0 Å². The molecule has 2 rings (SSSR count). The van der Waals surface area contributed by atoms with Crippen molar-refractivity contribution in [1.82, 2.24) is 4.90 Å². The summed E-state index contributed by atoms with van der Waals surface area (Å²) in [5.41, 5.74) is 0. The molecule has 0 bridgehead atoms. The van der Waals surface area contributed by atoms with Crippen LogP contribution in [0.15, 0.2) is 35.2 Å². The lowest BCUT2D eigenvalue weighted by Gasteiger charge is -2.29. The quantitative estimate of drug-likeness (QED) is 0.840. The molecule has 1 heterocycles. The molecule has 1 aliphatic rings. The molecule has 0 atom stereocenters. The molecule has 18 heavy (non-hydrogen) atoms. The van der Waals surface area contributed by atoms with Crippen molar-refractivity contribution in [3.05, 3.63) is 30.3 Å². The van der Waals surface area contributed by atoms with Crippen molar-refractivity contribution in [2.45, 2.75) is 36.3 Å². The summed E-state index contributed by atoms with van der Waals surface area (Å²) in [7, 11) is -3.27. The van der Waals surface area contributed by atoms with E-state index < -0.39 is 14.6 Å². The molecule has 0 aliphatic carbocycles. The van der Waals surface area contributed by atoms with E-state index in [4.69, 9.17) is 0 Å². The van der Waals surface area contributed by atoms with E-state index in [2.05, 4.69) is 4.90 Å². The molecule has 0 saturated carbocycles. The summed E-state index contributed by atoms with van der Waals surface area (Å²) in [4.78, 5) is 2.68. The maximum Gasteiger partial charge on any atom is 0.184 e. The summed E-state index contributed by atoms with van der Waals surface area (Å²) < 4.78 is 24.5. The van der Waals surface area contributed by atoms with Gasteiger partial charge in [0, 0.05) is 6.54 Å². The van der Waals surface area contributed by atoms with Gasteiger partial charge in [-0.2, -0.15) is 0 Å². The van der Waals surface area contributed by atoms with Crippen LogP contribution in [0.4, 0.5) is 0 Å². The third-order valence-corrected chi connectivity index (χ3v) is 6.06. The summed E-state index contributed by atoms with van der Waals surface area (Å²) in [5.74, 6) is 0. The summed E-state index contributed by atoms with van der Waals surface area (Å²) in [6.07, 6.45) is 2.36. The average Bonchev–Trinajstić information content (AvgIpc) is 2.82. The molecular weight excluding hydrogens is 246 g/mol. The van der Waals surface area contributed by atoms with Crippen molar-refractivity contribution < 1.29 is 8.42 Å². The predicted molar refractivity (Wildman–Crippen MR) is 73.4 cm³/mol. The third-order valence-electron chi connectivity index (χ3n) is 3.58. The molecule has 100 valence electrons. The smallest absolute Gasteiger partial charge is 0.184 e. The van der Waals surface area contributed by atoms with Crippen molar-refractivity contribution >= 4 is 9.84 Å². The predicted octanol–water partition coefficient (Wildman–Crippen LogP) is 2.33. The number of hydrogen-bond donors (Lipinski definition) is 0. The molecule has 1 aromatic carbocycles. The molecule has 0 N–H and O–H groups in total. The zero-order chi connectivity index (χ0) is 13.2. The minimum Gasteiger partial charge on any atom is -0.302 e. The van der Waals surface area contributed by atoms with E-state index >= 15 is 0 Å². The van der Waals surface area contributed by atoms with Gasteiger partial charge in [0.25, 0.3) is 0 Å². The van der Waals surface area contributed by atoms with Gasteiger partial charge in [0.1, 0.15) is 0 Å². The van der Waals surface area contributed by atoms with Crippen LogP contribution in [0, 0.1) is 0 Å². The van der Waals surface area contributed by atoms with Crippen LogP contribution in [-0.2, 0) is 9.84 Å². The minimum absolute atomic E-state index is 0.425. The van der Waals surface area contributed by atoms with Crippen molar-refractivity contribution in [3.8, 4) is 0 Å². The molecule has 0 amide bonds. The Hall–Kier alpha value is -0.870. The maximum atomic E-state index is 12.6. The van der Waals surface area contributed by atoms with E-state index in [1.807, 2.05) is 19.9 Å². The molecule has 4 heteroatoms. The lowest BCUT2D eigenvalue weighted by molar-refractivity contribution is 0.306. The third kappa shape index (κ3) is 2.59. The van der Waals surface area contributed by atoms with Crippen molar-refractivity contribution in [2.75, 3.05) is 19.6 Å². The first-order valence-electron chi connectivity index (χ1n) is 6.45. The Morgan fingerprint density at radius 2 is 1.67 bits per heavy atom. The van der Waals surface area contributed by atoms with E-state index in [0.717, 1.165) is 13.1 Å². The maximum absolute atomic E-state index is 12.6. The Morgan fingerprint density at radius 3 is 2.22 bits per heavy atom. The standard InChI is InChI=1S/C14H21NO2S/c1-14(2,12-15-10-6-7-11-15)18(16,17)13-8-4-3-5-9-13/h3-5,8-9H,6-7,10-12H2,1-2H3. The Labute approximate surface area is 110 Å². The van der Waals surface area contributed by atoms with Crippen LogP contribution in [0.5, 0.6) is 0 Å². The normalized spacial score (nSPS) is 18.1. The molecule has 0 aromatic heterocycles. The zero-order valence-corrected chi connectivity index (χ0v) is 11.9. The fourth-order valence-corrected chi connectivity index (χ4v) is 3.99. The summed E-state index contributed by atoms with van der Waals surface area (Å²) in [5, 5.41) is 0. The number of benzene rings is 1. The van der Waals surface area contributed by atoms with Crippen LogP contribution in [0.3, 0.4) is 0 Å². The Balaban J connectivity index is 2.22. The van der Waals surface area contributed by atoms with Gasteiger partial charge in [-0.15, -0.1) is 0 Å². The van der Waals surface area contributed by atoms with E-state index in [1.165, 1.54) is 12.8 Å². The molecule has 1 aliphatic heterocycles. The molecule has 1 aromatic rings. The monoisotopic (exact) mass is 267 g/mol. The van der Waals surface area contributed by atoms with Crippen LogP contribution in [-0.4, -0.2) is 37.7 Å². The van der Waals surface area contributed by atoms with Gasteiger partial charge in [0.15, 0.2) is 9.84 Å². The van der Waals surface area contributed by atoms with Crippen LogP contribution in [0.25, 0.3) is 0 Å². The first-order valence-corrected chi connectivity index (χ1v) is 7.94. The SMILES string of the molecule is CC(C)(CN1CCCC1)S(=O)(=O)c1ccccc1. The first-order chi connectivity index (χ1) is 8.43. The van der Waals surface area contributed by atoms with Crippen LogP contribution in [0.1, 0.15) is 26.7 Å². The van der Waals surface area contributed by atoms with Gasteiger partial charge in [0.05, 0.1) is 9.64 Å². The minimum atomic E-state index is -3.27. The number of sulfone groups is 1. The summed E-state index contributed by atoms with van der Waals surface area (Å²) in [6.45, 7) is 6.31. The zero-order valence-electron chi connectivity index (χ0n) is 11.1. The van der Waals surface area contributed by atoms with Crippen LogP contribution in [0.2, 0.25) is 0 Å². The highest BCUT2D eigenvalue weighted by molar-refractivity contribution is 7.92. The van der Waals surface area contributed by atoms with Crippen molar-refractivity contribution in [3.63, 3.8) is 0 Å². The van der Waals surface area contributed by atoms with Crippen LogP contribution >= 0.6 is 0 Å². The lowest BCUT2D eigenvalue weighted by Crippen LogP contribution is -2.43. The topological polar surface area (TPSA) is 37.4 Å². The molecule has 1 saturated heterocycles. The number of nitrogens with zero attached hydrogens (tertiary/aromatic N) is 1. The molecule has 1 fully saturated rings. The Bertz CT molecular complexity index is 488. The summed E-state index contributed by atoms with van der Waals surface area (Å²) >= 11 is 0. The number of likely N-dealkylation sites (tertiary alicyclic amines) is 1. The second kappa shape index (κ2) is 5.02. The van der Waals surface area contributed by atoms with Gasteiger partial charge in [-0.25, -0.2) is 8.42 Å². The highest BCUT2D eigenvalue weighted by Gasteiger charge is 2.37. The lowest BCUT2D eigenvalue weighted by atomic mass is 10.2. The van der Waals surface area contributed by atoms with E-state index in [9.17, 15) is 8.42 Å². The van der Waals surface area contributed by atoms with Gasteiger partial charge in [-0.05, 0) is 51.9 Å². The molecule has 0 radical (unpaired) electrons. The first kappa shape index (κ1) is 13.6. The van der Waals surface area contributed by atoms with E-state index in [-0.39, 0.29) is 0 Å². The van der Waals surface area contributed by atoms with E-state index in [0.29, 0.717) is 11.4 Å². The van der Waals surface area contributed by atoms with Crippen LogP contribution < -0.4 is 0 Å². The van der Waals surface area contributed by atoms with Crippen molar-refractivity contribution in [2.24, 2.45) is 0 Å². The fraction of sp³-hybridized carbons (Fsp3) is 0.571. The van der Waals surface area contributed by atoms with Crippen molar-refractivity contribution in [1.29, 1.82) is 0 Å². The van der Waals surface area contributed by atoms with Gasteiger partial charge < -0.3 is 4.90 Å². The highest BCUT2D eigenvalue weighted by atomic mass is 32.2. The summed E-state index contributed by atoms with van der Waals surface area (Å²) in [6, 6.07) is 8.76. The molecular formula is C14H21NO2S. The van der Waals surface area contributed by atoms with Gasteiger partial charge in [-0.1, -0.05) is 18.2 Å². The molecule has 3 nitrogen and oxygen atoms in total. The fourth-order valence-electron chi connectivity index (χ4n) is 2.48. The highest BCUT2D eigenvalue weighted by Crippen LogP contribution is 2.27. The molecule has 0 unspecified atom stereocenters. The second-order valence-corrected chi connectivity index (χ2v) is 8.14. The molecule has 0 spiro atoms. The van der Waals surface area contributed by atoms with Gasteiger partial charge in [-0.3, -0.25) is 0 Å². The number of hydrogen-bond acceptors (Lipinski definition) is 3. The Kier molecular flexibility index (Phi) is 3.78. The van der Waals surface area contributed by atoms with E-state index in [1.54, 1.807) is 24.3 Å². The number of rotatable bonds is 4. The van der Waals surface area contributed by atoms with Gasteiger partial charge >= 0.3 is 0 Å².